The smallest absolute Gasteiger partial charge is 0.277 e. The molecule has 0 aliphatic heterocycles. The minimum Gasteiger partial charge on any atom is -0.319 e. The summed E-state index contributed by atoms with van der Waals surface area (Å²) >= 11 is 0. The summed E-state index contributed by atoms with van der Waals surface area (Å²) in [4.78, 5) is 37.8. The summed E-state index contributed by atoms with van der Waals surface area (Å²) in [6.07, 6.45) is 6.54. The molecule has 3 aromatic heterocycles. The zero-order chi connectivity index (χ0) is 25.2. The number of hydrogen-bond donors (Lipinski definition) is 2. The van der Waals surface area contributed by atoms with Crippen LogP contribution in [0.1, 0.15) is 48.9 Å². The molecule has 1 aliphatic carbocycles. The van der Waals surface area contributed by atoms with Crippen LogP contribution in [0.2, 0.25) is 0 Å². The fourth-order valence-corrected chi connectivity index (χ4v) is 3.73. The van der Waals surface area contributed by atoms with Gasteiger partial charge in [-0.15, -0.1) is 5.10 Å². The van der Waals surface area contributed by atoms with Crippen LogP contribution in [0.5, 0.6) is 0 Å². The van der Waals surface area contributed by atoms with Crippen molar-refractivity contribution in [3.63, 3.8) is 0 Å². The van der Waals surface area contributed by atoms with Gasteiger partial charge in [0.25, 0.3) is 5.91 Å². The molecule has 36 heavy (non-hydrogen) atoms. The maximum absolute atomic E-state index is 12.7. The van der Waals surface area contributed by atoms with Gasteiger partial charge in [-0.2, -0.15) is 0 Å². The minimum absolute atomic E-state index is 0.000662. The van der Waals surface area contributed by atoms with Gasteiger partial charge in [-0.25, -0.2) is 14.6 Å². The number of amides is 2. The van der Waals surface area contributed by atoms with E-state index >= 15 is 0 Å². The van der Waals surface area contributed by atoms with E-state index < -0.39 is 0 Å². The third-order valence-electron chi connectivity index (χ3n) is 5.95. The third-order valence-corrected chi connectivity index (χ3v) is 5.95. The molecule has 2 amide bonds. The summed E-state index contributed by atoms with van der Waals surface area (Å²) in [6, 6.07) is 11.6. The Labute approximate surface area is 208 Å². The number of pyridine rings is 1. The Bertz CT molecular complexity index is 1440. The zero-order valence-corrected chi connectivity index (χ0v) is 20.3. The number of benzene rings is 1. The van der Waals surface area contributed by atoms with Crippen LogP contribution in [0, 0.1) is 12.8 Å². The minimum atomic E-state index is -0.353. The zero-order valence-electron chi connectivity index (χ0n) is 20.3. The average molecular weight is 483 g/mol. The molecule has 0 saturated heterocycles. The van der Waals surface area contributed by atoms with E-state index in [-0.39, 0.29) is 29.5 Å². The lowest BCUT2D eigenvalue weighted by molar-refractivity contribution is -0.117. The molecule has 1 aromatic carbocycles. The Kier molecular flexibility index (Phi) is 6.24. The highest BCUT2D eigenvalue weighted by Crippen LogP contribution is 2.31. The van der Waals surface area contributed by atoms with E-state index in [2.05, 4.69) is 35.9 Å². The monoisotopic (exact) mass is 482 g/mol. The van der Waals surface area contributed by atoms with Gasteiger partial charge in [0.15, 0.2) is 5.69 Å². The third kappa shape index (κ3) is 5.12. The van der Waals surface area contributed by atoms with Crippen molar-refractivity contribution < 1.29 is 9.59 Å². The first-order chi connectivity index (χ1) is 17.4. The molecule has 3 heterocycles. The number of hydrogen-bond acceptors (Lipinski definition) is 7. The maximum Gasteiger partial charge on any atom is 0.277 e. The van der Waals surface area contributed by atoms with Crippen molar-refractivity contribution in [1.82, 2.24) is 29.9 Å². The van der Waals surface area contributed by atoms with E-state index in [9.17, 15) is 9.59 Å². The number of rotatable bonds is 7. The van der Waals surface area contributed by atoms with E-state index in [0.29, 0.717) is 17.2 Å². The lowest BCUT2D eigenvalue weighted by Crippen LogP contribution is -2.14. The molecule has 10 heteroatoms. The van der Waals surface area contributed by atoms with E-state index in [1.54, 1.807) is 23.1 Å². The van der Waals surface area contributed by atoms with E-state index in [1.807, 2.05) is 51.1 Å². The molecule has 0 atom stereocenters. The summed E-state index contributed by atoms with van der Waals surface area (Å²) in [7, 11) is 0. The number of nitrogens with zero attached hydrogens (tertiary/aromatic N) is 6. The Morgan fingerprint density at radius 1 is 1.03 bits per heavy atom. The molecular weight excluding hydrogens is 456 g/mol. The number of anilines is 2. The quantitative estimate of drug-likeness (QED) is 0.402. The lowest BCUT2D eigenvalue weighted by atomic mass is 10.00. The van der Waals surface area contributed by atoms with Gasteiger partial charge in [0, 0.05) is 34.8 Å². The average Bonchev–Trinajstić information content (AvgIpc) is 3.61. The standard InChI is InChI=1S/C26H26N8O2/c1-15(2)34-13-23(32-33-34)26(36)30-20-10-21(16(3)27-12-20)18-5-4-6-19(9-18)22-11-24(29-14-28-22)31-25(35)17-7-8-17/h4-6,9-15,17H,7-8H2,1-3H3,(H,30,36)(H,28,29,31,35). The predicted octanol–water partition coefficient (Wildman–Crippen LogP) is 4.29. The largest absolute Gasteiger partial charge is 0.319 e. The second kappa shape index (κ2) is 9.65. The van der Waals surface area contributed by atoms with E-state index in [4.69, 9.17) is 0 Å². The summed E-state index contributed by atoms with van der Waals surface area (Å²) in [5.74, 6) is 0.228. The maximum atomic E-state index is 12.7. The molecule has 1 aliphatic rings. The van der Waals surface area contributed by atoms with Gasteiger partial charge in [-0.1, -0.05) is 23.4 Å². The van der Waals surface area contributed by atoms with Crippen LogP contribution in [0.25, 0.3) is 22.4 Å². The van der Waals surface area contributed by atoms with Gasteiger partial charge >= 0.3 is 0 Å². The highest BCUT2D eigenvalue weighted by atomic mass is 16.2. The number of carbonyl (C=O) groups excluding carboxylic acids is 2. The highest BCUT2D eigenvalue weighted by molar-refractivity contribution is 6.02. The highest BCUT2D eigenvalue weighted by Gasteiger charge is 2.29. The first-order valence-corrected chi connectivity index (χ1v) is 11.8. The van der Waals surface area contributed by atoms with Crippen LogP contribution < -0.4 is 10.6 Å². The second-order valence-corrected chi connectivity index (χ2v) is 9.12. The fourth-order valence-electron chi connectivity index (χ4n) is 3.73. The van der Waals surface area contributed by atoms with Gasteiger partial charge in [0.2, 0.25) is 5.91 Å². The molecule has 182 valence electrons. The molecule has 4 aromatic rings. The Morgan fingerprint density at radius 2 is 1.83 bits per heavy atom. The summed E-state index contributed by atoms with van der Waals surface area (Å²) in [6.45, 7) is 5.85. The molecular formula is C26H26N8O2. The Hall–Kier alpha value is -4.47. The van der Waals surface area contributed by atoms with Gasteiger partial charge < -0.3 is 10.6 Å². The Morgan fingerprint density at radius 3 is 2.58 bits per heavy atom. The molecule has 1 saturated carbocycles. The second-order valence-electron chi connectivity index (χ2n) is 9.12. The van der Waals surface area contributed by atoms with Crippen LogP contribution in [0.15, 0.2) is 55.1 Å². The predicted molar refractivity (Wildman–Crippen MR) is 135 cm³/mol. The summed E-state index contributed by atoms with van der Waals surface area (Å²) in [5, 5.41) is 13.7. The molecule has 1 fully saturated rings. The van der Waals surface area contributed by atoms with Gasteiger partial charge in [0.1, 0.15) is 12.1 Å². The van der Waals surface area contributed by atoms with Crippen LogP contribution in [0.3, 0.4) is 0 Å². The van der Waals surface area contributed by atoms with E-state index in [1.165, 1.54) is 6.33 Å². The number of aromatic nitrogens is 6. The van der Waals surface area contributed by atoms with Crippen molar-refractivity contribution in [3.8, 4) is 22.4 Å². The van der Waals surface area contributed by atoms with Gasteiger partial charge in [0.05, 0.1) is 23.8 Å². The molecule has 5 rings (SSSR count). The molecule has 10 nitrogen and oxygen atoms in total. The van der Waals surface area contributed by atoms with Crippen molar-refractivity contribution in [1.29, 1.82) is 0 Å². The SMILES string of the molecule is Cc1ncc(NC(=O)c2cn(C(C)C)nn2)cc1-c1cccc(-c2cc(NC(=O)C3CC3)ncn2)c1. The number of aryl methyl sites for hydroxylation is 1. The topological polar surface area (TPSA) is 128 Å². The van der Waals surface area contributed by atoms with Crippen LogP contribution in [0.4, 0.5) is 11.5 Å². The van der Waals surface area contributed by atoms with E-state index in [0.717, 1.165) is 35.2 Å². The van der Waals surface area contributed by atoms with Crippen LogP contribution >= 0.6 is 0 Å². The van der Waals surface area contributed by atoms with Crippen molar-refractivity contribution >= 4 is 23.3 Å². The summed E-state index contributed by atoms with van der Waals surface area (Å²) in [5.41, 5.74) is 4.96. The molecule has 0 radical (unpaired) electrons. The normalized spacial score (nSPS) is 13.0. The number of nitrogens with one attached hydrogen (secondary N) is 2. The van der Waals surface area contributed by atoms with Crippen molar-refractivity contribution in [3.05, 3.63) is 66.5 Å². The van der Waals surface area contributed by atoms with Gasteiger partial charge in [-0.3, -0.25) is 14.6 Å². The molecule has 0 bridgehead atoms. The fraction of sp³-hybridized carbons (Fsp3) is 0.269. The number of carbonyl (C=O) groups is 2. The van der Waals surface area contributed by atoms with Gasteiger partial charge in [-0.05, 0) is 51.3 Å². The first-order valence-electron chi connectivity index (χ1n) is 11.8. The van der Waals surface area contributed by atoms with Crippen molar-refractivity contribution in [2.75, 3.05) is 10.6 Å². The Balaban J connectivity index is 1.38. The van der Waals surface area contributed by atoms with Crippen molar-refractivity contribution in [2.24, 2.45) is 5.92 Å². The molecule has 0 spiro atoms. The van der Waals surface area contributed by atoms with Crippen molar-refractivity contribution in [2.45, 2.75) is 39.7 Å². The lowest BCUT2D eigenvalue weighted by Gasteiger charge is -2.11. The summed E-state index contributed by atoms with van der Waals surface area (Å²) < 4.78 is 1.63. The van der Waals surface area contributed by atoms with Crippen LogP contribution in [-0.4, -0.2) is 41.8 Å². The first kappa shape index (κ1) is 23.3. The van der Waals surface area contributed by atoms with Crippen LogP contribution in [-0.2, 0) is 4.79 Å². The molecule has 2 N–H and O–H groups in total. The molecule has 0 unspecified atom stereocenters.